The van der Waals surface area contributed by atoms with Gasteiger partial charge < -0.3 is 24.4 Å². The van der Waals surface area contributed by atoms with Gasteiger partial charge >= 0.3 is 11.9 Å². The standard InChI is InChI=1S/C27H31N3O7/c1-7-36-26(32)23-16(3)29(20-12-10-19(11-13-20)28(5)6)17(4)24(27(33)37-8-2)25(23)18-9-14-22(31)21(15-18)30(34)35/h9-15,25,31H,7-8H2,1-6H3/p-1. The van der Waals surface area contributed by atoms with E-state index in [1.807, 2.05) is 43.3 Å². The van der Waals surface area contributed by atoms with Gasteiger partial charge in [-0.1, -0.05) is 12.1 Å². The molecule has 0 saturated carbocycles. The number of carbonyl (C=O) groups excluding carboxylic acids is 2. The Labute approximate surface area is 215 Å². The highest BCUT2D eigenvalue weighted by atomic mass is 16.6. The van der Waals surface area contributed by atoms with Gasteiger partial charge in [-0.25, -0.2) is 9.59 Å². The van der Waals surface area contributed by atoms with Crippen molar-refractivity contribution in [1.29, 1.82) is 0 Å². The maximum atomic E-state index is 13.3. The van der Waals surface area contributed by atoms with Gasteiger partial charge in [0.05, 0.1) is 35.2 Å². The number of ether oxygens (including phenoxy) is 2. The molecule has 0 spiro atoms. The molecular formula is C27H30N3O7-. The lowest BCUT2D eigenvalue weighted by Crippen LogP contribution is -2.35. The highest BCUT2D eigenvalue weighted by molar-refractivity contribution is 6.01. The Morgan fingerprint density at radius 2 is 1.46 bits per heavy atom. The molecule has 2 aromatic carbocycles. The van der Waals surface area contributed by atoms with E-state index in [2.05, 4.69) is 0 Å². The minimum Gasteiger partial charge on any atom is -0.868 e. The molecule has 0 unspecified atom stereocenters. The molecule has 196 valence electrons. The van der Waals surface area contributed by atoms with Crippen molar-refractivity contribution in [2.24, 2.45) is 0 Å². The van der Waals surface area contributed by atoms with Crippen LogP contribution < -0.4 is 14.9 Å². The zero-order valence-corrected chi connectivity index (χ0v) is 21.7. The van der Waals surface area contributed by atoms with Gasteiger partial charge in [0.15, 0.2) is 0 Å². The third-order valence-electron chi connectivity index (χ3n) is 6.16. The van der Waals surface area contributed by atoms with Gasteiger partial charge in [-0.2, -0.15) is 0 Å². The zero-order chi connectivity index (χ0) is 27.4. The minimum absolute atomic E-state index is 0.0803. The number of rotatable bonds is 8. The Kier molecular flexibility index (Phi) is 8.21. The molecular weight excluding hydrogens is 478 g/mol. The van der Waals surface area contributed by atoms with Gasteiger partial charge in [0, 0.05) is 42.9 Å². The molecule has 0 saturated heterocycles. The van der Waals surface area contributed by atoms with Crippen LogP contribution in [0.5, 0.6) is 5.75 Å². The van der Waals surface area contributed by atoms with Crippen LogP contribution in [0.4, 0.5) is 17.1 Å². The van der Waals surface area contributed by atoms with E-state index in [4.69, 9.17) is 9.47 Å². The predicted molar refractivity (Wildman–Crippen MR) is 137 cm³/mol. The summed E-state index contributed by atoms with van der Waals surface area (Å²) in [5, 5.41) is 23.6. The van der Waals surface area contributed by atoms with E-state index >= 15 is 0 Å². The summed E-state index contributed by atoms with van der Waals surface area (Å²) in [6.45, 7) is 6.93. The van der Waals surface area contributed by atoms with E-state index in [0.717, 1.165) is 17.8 Å². The van der Waals surface area contributed by atoms with Gasteiger partial charge in [0.25, 0.3) is 5.69 Å². The van der Waals surface area contributed by atoms with E-state index in [0.29, 0.717) is 17.1 Å². The number of hydrogen-bond acceptors (Lipinski definition) is 9. The number of nitrogens with zero attached hydrogens (tertiary/aromatic N) is 3. The van der Waals surface area contributed by atoms with Crippen molar-refractivity contribution in [3.63, 3.8) is 0 Å². The average Bonchev–Trinajstić information content (AvgIpc) is 2.84. The van der Waals surface area contributed by atoms with Crippen LogP contribution in [0.25, 0.3) is 0 Å². The summed E-state index contributed by atoms with van der Waals surface area (Å²) >= 11 is 0. The van der Waals surface area contributed by atoms with Crippen LogP contribution in [-0.4, -0.2) is 44.2 Å². The van der Waals surface area contributed by atoms with Gasteiger partial charge in [-0.15, -0.1) is 0 Å². The fraction of sp³-hybridized carbons (Fsp3) is 0.333. The summed E-state index contributed by atoms with van der Waals surface area (Å²) in [5.74, 6) is -3.18. The molecule has 2 aromatic rings. The second kappa shape index (κ2) is 11.2. The van der Waals surface area contributed by atoms with E-state index < -0.39 is 34.2 Å². The summed E-state index contributed by atoms with van der Waals surface area (Å²) in [6.07, 6.45) is 0. The first-order valence-corrected chi connectivity index (χ1v) is 11.8. The van der Waals surface area contributed by atoms with Crippen molar-refractivity contribution < 1.29 is 29.1 Å². The molecule has 0 amide bonds. The molecule has 1 aliphatic rings. The monoisotopic (exact) mass is 508 g/mol. The molecule has 37 heavy (non-hydrogen) atoms. The fourth-order valence-corrected chi connectivity index (χ4v) is 4.48. The second-order valence-electron chi connectivity index (χ2n) is 8.60. The molecule has 0 fully saturated rings. The van der Waals surface area contributed by atoms with Gasteiger partial charge in [-0.05, 0) is 63.3 Å². The number of nitro groups is 1. The summed E-state index contributed by atoms with van der Waals surface area (Å²) in [4.78, 5) is 41.1. The molecule has 0 aromatic heterocycles. The SMILES string of the molecule is CCOC(=O)C1=C(C)N(c2ccc(N(C)C)cc2)C(C)=C(C(=O)OCC)C1c1ccc([O-])c([N+](=O)[O-])c1. The minimum atomic E-state index is -1.05. The molecule has 3 rings (SSSR count). The lowest BCUT2D eigenvalue weighted by molar-refractivity contribution is -0.398. The van der Waals surface area contributed by atoms with Crippen molar-refractivity contribution in [1.82, 2.24) is 0 Å². The van der Waals surface area contributed by atoms with Crippen LogP contribution in [-0.2, 0) is 19.1 Å². The summed E-state index contributed by atoms with van der Waals surface area (Å²) in [5.41, 5.74) is 2.47. The second-order valence-corrected chi connectivity index (χ2v) is 8.60. The van der Waals surface area contributed by atoms with Crippen molar-refractivity contribution in [3.8, 4) is 5.75 Å². The third kappa shape index (κ3) is 5.28. The smallest absolute Gasteiger partial charge is 0.336 e. The highest BCUT2D eigenvalue weighted by Gasteiger charge is 2.41. The lowest BCUT2D eigenvalue weighted by atomic mass is 9.79. The molecule has 0 N–H and O–H groups in total. The molecule has 0 aliphatic carbocycles. The quantitative estimate of drug-likeness (QED) is 0.295. The Bertz CT molecular complexity index is 1240. The average molecular weight is 509 g/mol. The third-order valence-corrected chi connectivity index (χ3v) is 6.16. The molecule has 0 bridgehead atoms. The van der Waals surface area contributed by atoms with E-state index in [1.165, 1.54) is 6.07 Å². The summed E-state index contributed by atoms with van der Waals surface area (Å²) < 4.78 is 10.7. The van der Waals surface area contributed by atoms with Crippen molar-refractivity contribution in [2.45, 2.75) is 33.6 Å². The molecule has 1 aliphatic heterocycles. The number of allylic oxidation sites excluding steroid dienone is 2. The van der Waals surface area contributed by atoms with E-state index in [-0.39, 0.29) is 29.9 Å². The fourth-order valence-electron chi connectivity index (χ4n) is 4.48. The van der Waals surface area contributed by atoms with Crippen LogP contribution >= 0.6 is 0 Å². The van der Waals surface area contributed by atoms with Crippen LogP contribution in [0.15, 0.2) is 65.0 Å². The maximum Gasteiger partial charge on any atom is 0.336 e. The number of benzene rings is 2. The Hall–Kier alpha value is -4.34. The van der Waals surface area contributed by atoms with Crippen LogP contribution in [0.3, 0.4) is 0 Å². The van der Waals surface area contributed by atoms with Gasteiger partial charge in [0.2, 0.25) is 0 Å². The summed E-state index contributed by atoms with van der Waals surface area (Å²) in [6, 6.07) is 11.1. The van der Waals surface area contributed by atoms with Crippen molar-refractivity contribution >= 4 is 29.0 Å². The van der Waals surface area contributed by atoms with Crippen molar-refractivity contribution in [3.05, 3.63) is 80.7 Å². The maximum absolute atomic E-state index is 13.3. The molecule has 1 heterocycles. The first-order chi connectivity index (χ1) is 17.5. The number of carbonyl (C=O) groups is 2. The number of hydrogen-bond donors (Lipinski definition) is 0. The van der Waals surface area contributed by atoms with Gasteiger partial charge in [-0.3, -0.25) is 10.1 Å². The number of nitro benzene ring substituents is 1. The first kappa shape index (κ1) is 27.3. The van der Waals surface area contributed by atoms with E-state index in [9.17, 15) is 24.8 Å². The topological polar surface area (TPSA) is 125 Å². The Balaban J connectivity index is 2.34. The molecule has 10 heteroatoms. The van der Waals surface area contributed by atoms with Crippen molar-refractivity contribution in [2.75, 3.05) is 37.1 Å². The first-order valence-electron chi connectivity index (χ1n) is 11.8. The van der Waals surface area contributed by atoms with Crippen LogP contribution in [0.1, 0.15) is 39.2 Å². The molecule has 0 radical (unpaired) electrons. The molecule has 0 atom stereocenters. The van der Waals surface area contributed by atoms with Gasteiger partial charge in [0.1, 0.15) is 0 Å². The lowest BCUT2D eigenvalue weighted by Gasteiger charge is -2.38. The van der Waals surface area contributed by atoms with Crippen LogP contribution in [0, 0.1) is 10.1 Å². The summed E-state index contributed by atoms with van der Waals surface area (Å²) in [7, 11) is 3.84. The normalized spacial score (nSPS) is 14.1. The Morgan fingerprint density at radius 1 is 0.946 bits per heavy atom. The van der Waals surface area contributed by atoms with E-state index in [1.54, 1.807) is 32.6 Å². The highest BCUT2D eigenvalue weighted by Crippen LogP contribution is 2.46. The Morgan fingerprint density at radius 3 is 1.89 bits per heavy atom. The predicted octanol–water partition coefficient (Wildman–Crippen LogP) is 4.01. The zero-order valence-electron chi connectivity index (χ0n) is 21.7. The number of anilines is 2. The number of esters is 2. The largest absolute Gasteiger partial charge is 0.868 e. The van der Waals surface area contributed by atoms with Crippen LogP contribution in [0.2, 0.25) is 0 Å². The molecule has 10 nitrogen and oxygen atoms in total.